The number of nitrogens with one attached hydrogen (secondary N) is 1. The molecule has 1 aliphatic rings. The summed E-state index contributed by atoms with van der Waals surface area (Å²) in [6.07, 6.45) is 2.05. The fourth-order valence-corrected chi connectivity index (χ4v) is 2.40. The molecule has 0 aromatic carbocycles. The summed E-state index contributed by atoms with van der Waals surface area (Å²) in [7, 11) is 0. The predicted octanol–water partition coefficient (Wildman–Crippen LogP) is 2.12. The van der Waals surface area contributed by atoms with E-state index in [0.29, 0.717) is 19.8 Å². The van der Waals surface area contributed by atoms with Crippen molar-refractivity contribution in [2.24, 2.45) is 0 Å². The van der Waals surface area contributed by atoms with Gasteiger partial charge >= 0.3 is 6.09 Å². The molecule has 0 spiro atoms. The number of aromatic nitrogens is 2. The third-order valence-electron chi connectivity index (χ3n) is 3.40. The van der Waals surface area contributed by atoms with Gasteiger partial charge in [0, 0.05) is 25.8 Å². The first-order chi connectivity index (χ1) is 10.9. The number of ether oxygens (including phenoxy) is 2. The molecule has 0 saturated carbocycles. The van der Waals surface area contributed by atoms with Gasteiger partial charge in [-0.1, -0.05) is 0 Å². The molecule has 0 bridgehead atoms. The van der Waals surface area contributed by atoms with Crippen molar-refractivity contribution >= 4 is 11.9 Å². The monoisotopic (exact) mass is 322 g/mol. The molecule has 7 nitrogen and oxygen atoms in total. The lowest BCUT2D eigenvalue weighted by atomic mass is 10.2. The molecule has 1 aromatic rings. The van der Waals surface area contributed by atoms with Gasteiger partial charge in [-0.05, 0) is 34.1 Å². The number of alkyl carbamates (subject to hydrolysis) is 1. The Morgan fingerprint density at radius 3 is 2.91 bits per heavy atom. The second-order valence-electron chi connectivity index (χ2n) is 6.58. The number of carbonyl (C=O) groups excluding carboxylic acids is 1. The molecule has 2 heterocycles. The largest absolute Gasteiger partial charge is 0.444 e. The van der Waals surface area contributed by atoms with Gasteiger partial charge in [-0.3, -0.25) is 0 Å². The third-order valence-corrected chi connectivity index (χ3v) is 3.40. The van der Waals surface area contributed by atoms with E-state index in [1.54, 1.807) is 6.33 Å². The highest BCUT2D eigenvalue weighted by Gasteiger charge is 2.27. The van der Waals surface area contributed by atoms with Crippen LogP contribution in [-0.2, 0) is 16.1 Å². The number of hydrogen-bond acceptors (Lipinski definition) is 6. The minimum absolute atomic E-state index is 0.0650. The van der Waals surface area contributed by atoms with E-state index >= 15 is 0 Å². The third kappa shape index (κ3) is 5.67. The van der Waals surface area contributed by atoms with Gasteiger partial charge in [0.15, 0.2) is 0 Å². The van der Waals surface area contributed by atoms with Gasteiger partial charge in [0.25, 0.3) is 0 Å². The van der Waals surface area contributed by atoms with E-state index in [1.807, 2.05) is 33.8 Å². The van der Waals surface area contributed by atoms with Crippen LogP contribution in [0.5, 0.6) is 0 Å². The Morgan fingerprint density at radius 2 is 2.22 bits per heavy atom. The fraction of sp³-hybridized carbons (Fsp3) is 0.688. The molecule has 128 valence electrons. The van der Waals surface area contributed by atoms with Crippen molar-refractivity contribution < 1.29 is 14.3 Å². The number of anilines is 1. The standard InChI is InChI=1S/C16H26N4O3/c1-5-22-10-13-8-14(18-11-17-13)20-7-6-12(9-20)19-15(21)23-16(2,3)4/h8,11-12H,5-7,9-10H2,1-4H3,(H,19,21). The van der Waals surface area contributed by atoms with Crippen LogP contribution in [-0.4, -0.2) is 47.4 Å². The van der Waals surface area contributed by atoms with Crippen molar-refractivity contribution in [2.75, 3.05) is 24.6 Å². The van der Waals surface area contributed by atoms with Crippen molar-refractivity contribution in [1.82, 2.24) is 15.3 Å². The van der Waals surface area contributed by atoms with Crippen molar-refractivity contribution in [3.8, 4) is 0 Å². The number of amides is 1. The zero-order chi connectivity index (χ0) is 16.9. The normalized spacial score (nSPS) is 18.1. The van der Waals surface area contributed by atoms with Crippen LogP contribution in [0, 0.1) is 0 Å². The average Bonchev–Trinajstić information content (AvgIpc) is 2.91. The molecular weight excluding hydrogens is 296 g/mol. The molecule has 1 N–H and O–H groups in total. The number of nitrogens with zero attached hydrogens (tertiary/aromatic N) is 3. The quantitative estimate of drug-likeness (QED) is 0.895. The molecule has 2 rings (SSSR count). The maximum absolute atomic E-state index is 11.8. The molecular formula is C16H26N4O3. The summed E-state index contributed by atoms with van der Waals surface area (Å²) >= 11 is 0. The van der Waals surface area contributed by atoms with Crippen LogP contribution < -0.4 is 10.2 Å². The van der Waals surface area contributed by atoms with Crippen molar-refractivity contribution in [2.45, 2.75) is 52.4 Å². The Balaban J connectivity index is 1.88. The molecule has 23 heavy (non-hydrogen) atoms. The van der Waals surface area contributed by atoms with E-state index in [0.717, 1.165) is 24.5 Å². The average molecular weight is 322 g/mol. The minimum atomic E-state index is -0.483. The molecule has 1 unspecified atom stereocenters. The molecule has 1 aliphatic heterocycles. The maximum Gasteiger partial charge on any atom is 0.407 e. The zero-order valence-corrected chi connectivity index (χ0v) is 14.3. The van der Waals surface area contributed by atoms with Crippen LogP contribution >= 0.6 is 0 Å². The molecule has 1 amide bonds. The summed E-state index contributed by atoms with van der Waals surface area (Å²) in [6, 6.07) is 2.00. The Morgan fingerprint density at radius 1 is 1.43 bits per heavy atom. The summed E-state index contributed by atoms with van der Waals surface area (Å²) < 4.78 is 10.7. The summed E-state index contributed by atoms with van der Waals surface area (Å²) in [5, 5.41) is 2.91. The maximum atomic E-state index is 11.8. The highest BCUT2D eigenvalue weighted by molar-refractivity contribution is 5.68. The van der Waals surface area contributed by atoms with E-state index in [2.05, 4.69) is 20.2 Å². The number of hydrogen-bond donors (Lipinski definition) is 1. The van der Waals surface area contributed by atoms with E-state index < -0.39 is 5.60 Å². The Hall–Kier alpha value is -1.89. The lowest BCUT2D eigenvalue weighted by molar-refractivity contribution is 0.0509. The first-order valence-electron chi connectivity index (χ1n) is 8.00. The van der Waals surface area contributed by atoms with Crippen molar-refractivity contribution in [1.29, 1.82) is 0 Å². The van der Waals surface area contributed by atoms with Gasteiger partial charge in [-0.2, -0.15) is 0 Å². The van der Waals surface area contributed by atoms with Crippen LogP contribution in [0.3, 0.4) is 0 Å². The first-order valence-corrected chi connectivity index (χ1v) is 8.00. The highest BCUT2D eigenvalue weighted by atomic mass is 16.6. The molecule has 7 heteroatoms. The van der Waals surface area contributed by atoms with Crippen LogP contribution in [0.4, 0.5) is 10.6 Å². The van der Waals surface area contributed by atoms with E-state index in [9.17, 15) is 4.79 Å². The second-order valence-corrected chi connectivity index (χ2v) is 6.58. The summed E-state index contributed by atoms with van der Waals surface area (Å²) in [6.45, 7) is 10.2. The summed E-state index contributed by atoms with van der Waals surface area (Å²) in [5.41, 5.74) is 0.379. The fourth-order valence-electron chi connectivity index (χ4n) is 2.40. The SMILES string of the molecule is CCOCc1cc(N2CCC(NC(=O)OC(C)(C)C)C2)ncn1. The molecule has 1 atom stereocenters. The molecule has 1 fully saturated rings. The lowest BCUT2D eigenvalue weighted by Gasteiger charge is -2.22. The van der Waals surface area contributed by atoms with Crippen LogP contribution in [0.1, 0.15) is 39.8 Å². The Labute approximate surface area is 137 Å². The van der Waals surface area contributed by atoms with E-state index in [-0.39, 0.29) is 12.1 Å². The van der Waals surface area contributed by atoms with Crippen LogP contribution in [0.15, 0.2) is 12.4 Å². The van der Waals surface area contributed by atoms with Crippen LogP contribution in [0.2, 0.25) is 0 Å². The number of carbonyl (C=O) groups is 1. The minimum Gasteiger partial charge on any atom is -0.444 e. The van der Waals surface area contributed by atoms with E-state index in [4.69, 9.17) is 9.47 Å². The number of rotatable bonds is 5. The van der Waals surface area contributed by atoms with Gasteiger partial charge in [-0.15, -0.1) is 0 Å². The molecule has 1 aromatic heterocycles. The van der Waals surface area contributed by atoms with Crippen LogP contribution in [0.25, 0.3) is 0 Å². The first kappa shape index (κ1) is 17.5. The smallest absolute Gasteiger partial charge is 0.407 e. The van der Waals surface area contributed by atoms with Crippen molar-refractivity contribution in [3.63, 3.8) is 0 Å². The van der Waals surface area contributed by atoms with Gasteiger partial charge in [0.2, 0.25) is 0 Å². The van der Waals surface area contributed by atoms with Gasteiger partial charge in [0.05, 0.1) is 18.3 Å². The molecule has 0 radical (unpaired) electrons. The van der Waals surface area contributed by atoms with Crippen molar-refractivity contribution in [3.05, 3.63) is 18.1 Å². The lowest BCUT2D eigenvalue weighted by Crippen LogP contribution is -2.40. The Bertz CT molecular complexity index is 530. The van der Waals surface area contributed by atoms with Gasteiger partial charge in [-0.25, -0.2) is 14.8 Å². The summed E-state index contributed by atoms with van der Waals surface area (Å²) in [4.78, 5) is 22.5. The van der Waals surface area contributed by atoms with Gasteiger partial charge < -0.3 is 19.7 Å². The zero-order valence-electron chi connectivity index (χ0n) is 14.3. The highest BCUT2D eigenvalue weighted by Crippen LogP contribution is 2.19. The van der Waals surface area contributed by atoms with E-state index in [1.165, 1.54) is 0 Å². The predicted molar refractivity (Wildman–Crippen MR) is 87.3 cm³/mol. The van der Waals surface area contributed by atoms with Gasteiger partial charge in [0.1, 0.15) is 17.7 Å². The molecule has 0 aliphatic carbocycles. The second kappa shape index (κ2) is 7.59. The summed E-state index contributed by atoms with van der Waals surface area (Å²) in [5.74, 6) is 0.864. The molecule has 1 saturated heterocycles. The Kier molecular flexibility index (Phi) is 5.76. The topological polar surface area (TPSA) is 76.6 Å².